The highest BCUT2D eigenvalue weighted by molar-refractivity contribution is 5.88. The second-order valence-corrected chi connectivity index (χ2v) is 6.66. The van der Waals surface area contributed by atoms with Crippen molar-refractivity contribution in [1.29, 1.82) is 0 Å². The third-order valence-corrected chi connectivity index (χ3v) is 3.92. The number of carbonyl (C=O) groups is 2. The van der Waals surface area contributed by atoms with Crippen LogP contribution in [-0.2, 0) is 33.3 Å². The quantitative estimate of drug-likeness (QED) is 0.262. The van der Waals surface area contributed by atoms with Gasteiger partial charge in [-0.25, -0.2) is 0 Å². The Morgan fingerprint density at radius 2 is 1.45 bits per heavy atom. The monoisotopic (exact) mass is 421 g/mol. The number of hydrogen-bond donors (Lipinski definition) is 2. The van der Waals surface area contributed by atoms with E-state index in [4.69, 9.17) is 29.4 Å². The van der Waals surface area contributed by atoms with Gasteiger partial charge in [-0.3, -0.25) is 9.59 Å². The number of nitrogens with zero attached hydrogens (tertiary/aromatic N) is 1. The fourth-order valence-electron chi connectivity index (χ4n) is 2.46. The van der Waals surface area contributed by atoms with Gasteiger partial charge in [0.2, 0.25) is 11.8 Å². The lowest BCUT2D eigenvalue weighted by atomic mass is 10.0. The zero-order chi connectivity index (χ0) is 21.9. The van der Waals surface area contributed by atoms with Crippen molar-refractivity contribution in [1.82, 2.24) is 10.2 Å². The molecular weight excluding hydrogens is 382 g/mol. The molecule has 0 aliphatic carbocycles. The van der Waals surface area contributed by atoms with Crippen LogP contribution in [0.2, 0.25) is 0 Å². The van der Waals surface area contributed by atoms with E-state index in [0.29, 0.717) is 65.9 Å². The molecule has 0 aliphatic heterocycles. The molecule has 0 saturated carbocycles. The van der Waals surface area contributed by atoms with E-state index in [1.54, 1.807) is 14.2 Å². The van der Waals surface area contributed by atoms with Crippen molar-refractivity contribution in [3.05, 3.63) is 0 Å². The van der Waals surface area contributed by atoms with Crippen LogP contribution in [0, 0.1) is 5.92 Å². The first-order chi connectivity index (χ1) is 14.0. The minimum absolute atomic E-state index is 0.0492. The molecule has 0 aliphatic rings. The van der Waals surface area contributed by atoms with Crippen LogP contribution < -0.4 is 11.1 Å². The van der Waals surface area contributed by atoms with Crippen molar-refractivity contribution in [2.24, 2.45) is 11.7 Å². The Hall–Kier alpha value is -1.30. The van der Waals surface area contributed by atoms with Crippen molar-refractivity contribution in [2.75, 3.05) is 86.7 Å². The number of hydrogen-bond acceptors (Lipinski definition) is 8. The van der Waals surface area contributed by atoms with Gasteiger partial charge in [0, 0.05) is 27.2 Å². The molecule has 3 N–H and O–H groups in total. The van der Waals surface area contributed by atoms with Crippen LogP contribution in [0.4, 0.5) is 0 Å². The van der Waals surface area contributed by atoms with Crippen LogP contribution >= 0.6 is 0 Å². The molecule has 10 nitrogen and oxygen atoms in total. The summed E-state index contributed by atoms with van der Waals surface area (Å²) < 4.78 is 26.0. The van der Waals surface area contributed by atoms with Crippen molar-refractivity contribution >= 4 is 11.8 Å². The van der Waals surface area contributed by atoms with E-state index in [1.165, 1.54) is 4.90 Å². The molecule has 0 heterocycles. The predicted molar refractivity (Wildman–Crippen MR) is 109 cm³/mol. The highest BCUT2D eigenvalue weighted by atomic mass is 16.5. The molecule has 0 saturated heterocycles. The number of rotatable bonds is 19. The molecule has 0 radical (unpaired) electrons. The van der Waals surface area contributed by atoms with Gasteiger partial charge < -0.3 is 39.6 Å². The number of nitrogens with one attached hydrogen (secondary N) is 1. The van der Waals surface area contributed by atoms with Gasteiger partial charge in [0.1, 0.15) is 12.6 Å². The number of amides is 2. The van der Waals surface area contributed by atoms with Crippen LogP contribution in [0.25, 0.3) is 0 Å². The number of methoxy groups -OCH3 is 1. The first-order valence-corrected chi connectivity index (χ1v) is 9.99. The van der Waals surface area contributed by atoms with Crippen LogP contribution in [0.15, 0.2) is 0 Å². The van der Waals surface area contributed by atoms with Gasteiger partial charge in [-0.15, -0.1) is 0 Å². The van der Waals surface area contributed by atoms with E-state index in [0.717, 1.165) is 0 Å². The molecular formula is C19H39N3O7. The Balaban J connectivity index is 4.11. The molecule has 29 heavy (non-hydrogen) atoms. The van der Waals surface area contributed by atoms with Gasteiger partial charge in [0.25, 0.3) is 0 Å². The van der Waals surface area contributed by atoms with Crippen LogP contribution in [0.1, 0.15) is 13.8 Å². The lowest BCUT2D eigenvalue weighted by Gasteiger charge is -2.30. The number of likely N-dealkylation sites (N-methyl/N-ethyl adjacent to an activating group) is 1. The van der Waals surface area contributed by atoms with E-state index >= 15 is 0 Å². The summed E-state index contributed by atoms with van der Waals surface area (Å²) in [6.07, 6.45) is 0. The summed E-state index contributed by atoms with van der Waals surface area (Å²) in [4.78, 5) is 26.3. The van der Waals surface area contributed by atoms with E-state index in [9.17, 15) is 9.59 Å². The number of nitrogens with two attached hydrogens (primary N) is 1. The summed E-state index contributed by atoms with van der Waals surface area (Å²) in [5.74, 6) is -0.530. The molecule has 10 heteroatoms. The first kappa shape index (κ1) is 27.7. The van der Waals surface area contributed by atoms with Gasteiger partial charge in [0.15, 0.2) is 0 Å². The maximum absolute atomic E-state index is 12.5. The zero-order valence-electron chi connectivity index (χ0n) is 18.3. The Bertz CT molecular complexity index is 425. The fourth-order valence-corrected chi connectivity index (χ4v) is 2.46. The van der Waals surface area contributed by atoms with Crippen molar-refractivity contribution in [3.8, 4) is 0 Å². The van der Waals surface area contributed by atoms with E-state index < -0.39 is 6.04 Å². The lowest BCUT2D eigenvalue weighted by molar-refractivity contribution is -0.144. The zero-order valence-corrected chi connectivity index (χ0v) is 18.3. The summed E-state index contributed by atoms with van der Waals surface area (Å²) in [5, 5.41) is 2.81. The Morgan fingerprint density at radius 1 is 0.897 bits per heavy atom. The molecule has 1 atom stereocenters. The van der Waals surface area contributed by atoms with Gasteiger partial charge in [-0.05, 0) is 5.92 Å². The summed E-state index contributed by atoms with van der Waals surface area (Å²) in [7, 11) is 3.21. The molecule has 0 spiro atoms. The highest BCUT2D eigenvalue weighted by Gasteiger charge is 2.29. The van der Waals surface area contributed by atoms with Crippen LogP contribution in [-0.4, -0.2) is 109 Å². The standard InChI is InChI=1S/C19H39N3O7/c1-16(2)18(19(24)21-6-8-27-12-11-26-7-5-20)22(3)17(23)15-29-14-13-28-10-9-25-4/h16,18H,5-15,20H2,1-4H3,(H,21,24). The largest absolute Gasteiger partial charge is 0.382 e. The van der Waals surface area contributed by atoms with Gasteiger partial charge in [0.05, 0.1) is 52.9 Å². The fraction of sp³-hybridized carbons (Fsp3) is 0.895. The van der Waals surface area contributed by atoms with E-state index in [1.807, 2.05) is 13.8 Å². The molecule has 0 fully saturated rings. The Morgan fingerprint density at radius 3 is 2.03 bits per heavy atom. The second-order valence-electron chi connectivity index (χ2n) is 6.66. The molecule has 2 amide bonds. The first-order valence-electron chi connectivity index (χ1n) is 9.99. The van der Waals surface area contributed by atoms with Gasteiger partial charge in [-0.1, -0.05) is 13.8 Å². The summed E-state index contributed by atoms with van der Waals surface area (Å²) >= 11 is 0. The van der Waals surface area contributed by atoms with Crippen LogP contribution in [0.5, 0.6) is 0 Å². The van der Waals surface area contributed by atoms with Crippen molar-refractivity contribution < 1.29 is 33.3 Å². The molecule has 0 rings (SSSR count). The maximum Gasteiger partial charge on any atom is 0.249 e. The minimum Gasteiger partial charge on any atom is -0.382 e. The predicted octanol–water partition coefficient (Wildman–Crippen LogP) is -0.743. The molecule has 0 aromatic rings. The summed E-state index contributed by atoms with van der Waals surface area (Å²) in [5.41, 5.74) is 5.32. The van der Waals surface area contributed by atoms with Gasteiger partial charge in [-0.2, -0.15) is 0 Å². The lowest BCUT2D eigenvalue weighted by Crippen LogP contribution is -2.52. The smallest absolute Gasteiger partial charge is 0.249 e. The molecule has 1 unspecified atom stereocenters. The van der Waals surface area contributed by atoms with E-state index in [-0.39, 0.29) is 24.3 Å². The Kier molecular flexibility index (Phi) is 17.9. The summed E-state index contributed by atoms with van der Waals surface area (Å²) in [6, 6.07) is -0.586. The third-order valence-electron chi connectivity index (χ3n) is 3.92. The molecule has 0 aromatic heterocycles. The molecule has 0 aromatic carbocycles. The van der Waals surface area contributed by atoms with Crippen LogP contribution in [0.3, 0.4) is 0 Å². The minimum atomic E-state index is -0.586. The van der Waals surface area contributed by atoms with Crippen molar-refractivity contribution in [2.45, 2.75) is 19.9 Å². The Labute approximate surface area is 174 Å². The normalized spacial score (nSPS) is 12.2. The third kappa shape index (κ3) is 14.3. The summed E-state index contributed by atoms with van der Waals surface area (Å²) in [6.45, 7) is 7.96. The second kappa shape index (κ2) is 18.7. The van der Waals surface area contributed by atoms with E-state index in [2.05, 4.69) is 5.32 Å². The molecule has 172 valence electrons. The topological polar surface area (TPSA) is 122 Å². The SMILES string of the molecule is COCCOCCOCC(=O)N(C)C(C(=O)NCCOCCOCCN)C(C)C. The molecule has 0 bridgehead atoms. The number of ether oxygens (including phenoxy) is 5. The van der Waals surface area contributed by atoms with Gasteiger partial charge >= 0.3 is 0 Å². The highest BCUT2D eigenvalue weighted by Crippen LogP contribution is 2.10. The average molecular weight is 422 g/mol. The maximum atomic E-state index is 12.5. The number of carbonyl (C=O) groups excluding carboxylic acids is 2. The van der Waals surface area contributed by atoms with Crippen molar-refractivity contribution in [3.63, 3.8) is 0 Å². The average Bonchev–Trinajstić information content (AvgIpc) is 2.68.